The number of rotatable bonds is 4. The maximum atomic E-state index is 12.5. The van der Waals surface area contributed by atoms with Gasteiger partial charge in [0.2, 0.25) is 0 Å². The summed E-state index contributed by atoms with van der Waals surface area (Å²) in [5.41, 5.74) is 2.23. The first-order valence-corrected chi connectivity index (χ1v) is 8.50. The predicted octanol–water partition coefficient (Wildman–Crippen LogP) is 4.00. The number of halogens is 1. The molecule has 0 saturated carbocycles. The van der Waals surface area contributed by atoms with E-state index in [1.807, 2.05) is 60.8 Å². The van der Waals surface area contributed by atoms with Crippen LogP contribution in [0.25, 0.3) is 16.5 Å². The molecule has 2 aromatic heterocycles. The molecule has 1 amide bonds. The molecule has 26 heavy (non-hydrogen) atoms. The number of pyridine rings is 1. The summed E-state index contributed by atoms with van der Waals surface area (Å²) in [6, 6.07) is 17.0. The summed E-state index contributed by atoms with van der Waals surface area (Å²) in [5.74, 6) is -0.207. The molecule has 0 atom stereocenters. The lowest BCUT2D eigenvalue weighted by Crippen LogP contribution is -2.23. The molecule has 6 heteroatoms. The number of nitrogens with zero attached hydrogens (tertiary/aromatic N) is 3. The third-order valence-corrected chi connectivity index (χ3v) is 4.32. The Hall–Kier alpha value is -3.18. The van der Waals surface area contributed by atoms with Crippen molar-refractivity contribution in [1.29, 1.82) is 0 Å². The van der Waals surface area contributed by atoms with Crippen LogP contribution in [0.5, 0.6) is 0 Å². The van der Waals surface area contributed by atoms with Crippen molar-refractivity contribution >= 4 is 28.3 Å². The normalized spacial score (nSPS) is 10.8. The van der Waals surface area contributed by atoms with E-state index in [0.29, 0.717) is 17.3 Å². The van der Waals surface area contributed by atoms with Crippen LogP contribution in [0.1, 0.15) is 16.1 Å². The first kappa shape index (κ1) is 16.3. The molecule has 0 bridgehead atoms. The van der Waals surface area contributed by atoms with Crippen molar-refractivity contribution < 1.29 is 4.79 Å². The van der Waals surface area contributed by atoms with Gasteiger partial charge in [0.05, 0.1) is 11.9 Å². The number of carbonyl (C=O) groups is 1. The van der Waals surface area contributed by atoms with Crippen LogP contribution in [0.15, 0.2) is 73.2 Å². The van der Waals surface area contributed by atoms with Gasteiger partial charge in [-0.15, -0.1) is 0 Å². The number of fused-ring (bicyclic) bond motifs is 1. The van der Waals surface area contributed by atoms with Gasteiger partial charge >= 0.3 is 0 Å². The molecule has 0 aliphatic rings. The molecule has 0 fully saturated rings. The Balaban J connectivity index is 1.49. The van der Waals surface area contributed by atoms with Crippen LogP contribution >= 0.6 is 11.6 Å². The number of hydrogen-bond donors (Lipinski definition) is 1. The SMILES string of the molecule is O=C(NCc1cnn(-c2ccc(Cl)cc2)c1)c1nccc2ccccc12. The first-order valence-electron chi connectivity index (χ1n) is 8.12. The van der Waals surface area contributed by atoms with Gasteiger partial charge in [0.25, 0.3) is 5.91 Å². The minimum absolute atomic E-state index is 0.207. The van der Waals surface area contributed by atoms with Crippen LogP contribution in [0.3, 0.4) is 0 Å². The van der Waals surface area contributed by atoms with Crippen molar-refractivity contribution in [1.82, 2.24) is 20.1 Å². The van der Waals surface area contributed by atoms with E-state index in [1.165, 1.54) is 0 Å². The molecule has 2 heterocycles. The third kappa shape index (κ3) is 3.30. The topological polar surface area (TPSA) is 59.8 Å². The van der Waals surface area contributed by atoms with E-state index in [9.17, 15) is 4.79 Å². The molecule has 0 aliphatic carbocycles. The average Bonchev–Trinajstić information content (AvgIpc) is 3.15. The number of hydrogen-bond acceptors (Lipinski definition) is 3. The van der Waals surface area contributed by atoms with Gasteiger partial charge in [-0.1, -0.05) is 35.9 Å². The van der Waals surface area contributed by atoms with Crippen LogP contribution < -0.4 is 5.32 Å². The standard InChI is InChI=1S/C20H15ClN4O/c21-16-5-7-17(8-6-16)25-13-14(12-24-25)11-23-20(26)19-18-4-2-1-3-15(18)9-10-22-19/h1-10,12-13H,11H2,(H,23,26). The smallest absolute Gasteiger partial charge is 0.270 e. The van der Waals surface area contributed by atoms with Crippen molar-refractivity contribution in [2.75, 3.05) is 0 Å². The minimum Gasteiger partial charge on any atom is -0.346 e. The second-order valence-electron chi connectivity index (χ2n) is 5.83. The Morgan fingerprint density at radius 1 is 1.08 bits per heavy atom. The monoisotopic (exact) mass is 362 g/mol. The summed E-state index contributed by atoms with van der Waals surface area (Å²) in [6.45, 7) is 0.372. The summed E-state index contributed by atoms with van der Waals surface area (Å²) in [5, 5.41) is 9.73. The molecule has 0 unspecified atom stereocenters. The lowest BCUT2D eigenvalue weighted by atomic mass is 10.1. The average molecular weight is 363 g/mol. The maximum Gasteiger partial charge on any atom is 0.270 e. The van der Waals surface area contributed by atoms with E-state index >= 15 is 0 Å². The molecular formula is C20H15ClN4O. The fourth-order valence-corrected chi connectivity index (χ4v) is 2.88. The molecule has 4 aromatic rings. The van der Waals surface area contributed by atoms with Gasteiger partial charge in [-0.25, -0.2) is 4.68 Å². The van der Waals surface area contributed by atoms with E-state index in [1.54, 1.807) is 17.1 Å². The molecule has 0 aliphatic heterocycles. The van der Waals surface area contributed by atoms with Gasteiger partial charge < -0.3 is 5.32 Å². The molecule has 5 nitrogen and oxygen atoms in total. The van der Waals surface area contributed by atoms with Crippen LogP contribution in [0, 0.1) is 0 Å². The van der Waals surface area contributed by atoms with Crippen molar-refractivity contribution in [2.45, 2.75) is 6.54 Å². The van der Waals surface area contributed by atoms with E-state index in [-0.39, 0.29) is 5.91 Å². The maximum absolute atomic E-state index is 12.5. The predicted molar refractivity (Wildman–Crippen MR) is 101 cm³/mol. The quantitative estimate of drug-likeness (QED) is 0.596. The second-order valence-corrected chi connectivity index (χ2v) is 6.27. The van der Waals surface area contributed by atoms with E-state index in [0.717, 1.165) is 22.0 Å². The summed E-state index contributed by atoms with van der Waals surface area (Å²) in [6.07, 6.45) is 5.25. The second kappa shape index (κ2) is 6.98. The van der Waals surface area contributed by atoms with Crippen molar-refractivity contribution in [3.8, 4) is 5.69 Å². The van der Waals surface area contributed by atoms with Gasteiger partial charge in [-0.05, 0) is 35.7 Å². The molecule has 4 rings (SSSR count). The van der Waals surface area contributed by atoms with Gasteiger partial charge in [0.15, 0.2) is 0 Å². The van der Waals surface area contributed by atoms with Crippen molar-refractivity contribution in [2.24, 2.45) is 0 Å². The first-order chi connectivity index (χ1) is 12.7. The van der Waals surface area contributed by atoms with E-state index in [2.05, 4.69) is 15.4 Å². The van der Waals surface area contributed by atoms with Crippen LogP contribution in [0.2, 0.25) is 5.02 Å². The highest BCUT2D eigenvalue weighted by Gasteiger charge is 2.11. The van der Waals surface area contributed by atoms with Crippen LogP contribution in [-0.2, 0) is 6.54 Å². The van der Waals surface area contributed by atoms with Crippen molar-refractivity contribution in [3.05, 3.63) is 89.5 Å². The fraction of sp³-hybridized carbons (Fsp3) is 0.0500. The van der Waals surface area contributed by atoms with Gasteiger partial charge in [0.1, 0.15) is 5.69 Å². The molecule has 0 spiro atoms. The molecule has 0 saturated heterocycles. The van der Waals surface area contributed by atoms with Crippen LogP contribution in [0.4, 0.5) is 0 Å². The minimum atomic E-state index is -0.207. The number of amides is 1. The van der Waals surface area contributed by atoms with Gasteiger partial charge in [-0.2, -0.15) is 5.10 Å². The van der Waals surface area contributed by atoms with E-state index < -0.39 is 0 Å². The Labute approximate surface area is 155 Å². The number of carbonyl (C=O) groups excluding carboxylic acids is 1. The molecule has 0 radical (unpaired) electrons. The Kier molecular flexibility index (Phi) is 4.37. The number of aromatic nitrogens is 3. The molecular weight excluding hydrogens is 348 g/mol. The highest BCUT2D eigenvalue weighted by molar-refractivity contribution is 6.30. The summed E-state index contributed by atoms with van der Waals surface area (Å²) < 4.78 is 1.74. The Bertz CT molecular complexity index is 1070. The highest BCUT2D eigenvalue weighted by Crippen LogP contribution is 2.16. The zero-order valence-electron chi connectivity index (χ0n) is 13.8. The van der Waals surface area contributed by atoms with E-state index in [4.69, 9.17) is 11.6 Å². The lowest BCUT2D eigenvalue weighted by Gasteiger charge is -2.06. The Morgan fingerprint density at radius 2 is 1.88 bits per heavy atom. The fourth-order valence-electron chi connectivity index (χ4n) is 2.75. The summed E-state index contributed by atoms with van der Waals surface area (Å²) in [4.78, 5) is 16.8. The number of nitrogens with one attached hydrogen (secondary N) is 1. The Morgan fingerprint density at radius 3 is 2.73 bits per heavy atom. The molecule has 2 aromatic carbocycles. The molecule has 128 valence electrons. The highest BCUT2D eigenvalue weighted by atomic mass is 35.5. The summed E-state index contributed by atoms with van der Waals surface area (Å²) >= 11 is 5.91. The van der Waals surface area contributed by atoms with Crippen molar-refractivity contribution in [3.63, 3.8) is 0 Å². The zero-order chi connectivity index (χ0) is 17.9. The van der Waals surface area contributed by atoms with Gasteiger partial charge in [-0.3, -0.25) is 9.78 Å². The van der Waals surface area contributed by atoms with Gasteiger partial charge in [0, 0.05) is 34.9 Å². The lowest BCUT2D eigenvalue weighted by molar-refractivity contribution is 0.0948. The molecule has 1 N–H and O–H groups in total. The zero-order valence-corrected chi connectivity index (χ0v) is 14.5. The largest absolute Gasteiger partial charge is 0.346 e. The number of benzene rings is 2. The summed E-state index contributed by atoms with van der Waals surface area (Å²) in [7, 11) is 0. The third-order valence-electron chi connectivity index (χ3n) is 4.07. The van der Waals surface area contributed by atoms with Crippen LogP contribution in [-0.4, -0.2) is 20.7 Å².